The van der Waals surface area contributed by atoms with Crippen molar-refractivity contribution in [2.45, 2.75) is 386 Å². The van der Waals surface area contributed by atoms with Crippen LogP contribution in [0.4, 0.5) is 0 Å². The zero-order chi connectivity index (χ0) is 99.4. The van der Waals surface area contributed by atoms with Gasteiger partial charge in [0.15, 0.2) is 69.2 Å². The number of ether oxygens (including phenoxy) is 21. The summed E-state index contributed by atoms with van der Waals surface area (Å²) in [5.41, 5.74) is 0. The minimum Gasteiger partial charge on any atom is -0.394 e. The van der Waals surface area contributed by atoms with E-state index in [0.717, 1.165) is 34.6 Å². The topological polar surface area (TPSA) is 906 Å². The smallest absolute Gasteiger partial charge is 0.217 e. The normalized spacial score (nSPS) is 49.5. The van der Waals surface area contributed by atoms with E-state index in [1.54, 1.807) is 0 Å². The molecular formula is C76H127N5O54. The van der Waals surface area contributed by atoms with Crippen molar-refractivity contribution in [3.63, 3.8) is 0 Å². The van der Waals surface area contributed by atoms with E-state index in [1.807, 2.05) is 0 Å². The summed E-state index contributed by atoms with van der Waals surface area (Å²) in [6, 6.07) is -10.0. The molecule has 0 unspecified atom stereocenters. The molecular weight excluding hydrogens is 1850 g/mol. The lowest BCUT2D eigenvalue weighted by Crippen LogP contribution is -2.72. The molecule has 33 N–H and O–H groups in total. The molecule has 0 aromatic rings. The molecule has 11 rings (SSSR count). The Bertz CT molecular complexity index is 3750. The molecule has 135 heavy (non-hydrogen) atoms. The number of hydrogen-bond donors (Lipinski definition) is 33. The van der Waals surface area contributed by atoms with Crippen molar-refractivity contribution in [3.05, 3.63) is 0 Å². The van der Waals surface area contributed by atoms with Crippen LogP contribution in [0.1, 0.15) is 48.5 Å². The van der Waals surface area contributed by atoms with Crippen molar-refractivity contribution in [1.29, 1.82) is 0 Å². The molecule has 59 heteroatoms. The summed E-state index contributed by atoms with van der Waals surface area (Å²) >= 11 is 0. The summed E-state index contributed by atoms with van der Waals surface area (Å²) in [6.07, 6.45) is -108. The van der Waals surface area contributed by atoms with Crippen LogP contribution in [0.5, 0.6) is 0 Å². The van der Waals surface area contributed by atoms with Gasteiger partial charge in [-0.3, -0.25) is 24.0 Å². The fourth-order valence-electron chi connectivity index (χ4n) is 17.6. The number of aliphatic hydroxyl groups excluding tert-OH is 28. The van der Waals surface area contributed by atoms with Gasteiger partial charge in [0, 0.05) is 34.6 Å². The maximum atomic E-state index is 13.8. The average molecular weight is 1970 g/mol. The molecule has 0 spiro atoms. The number of rotatable bonds is 34. The summed E-state index contributed by atoms with van der Waals surface area (Å²) in [5, 5.41) is 330. The standard InChI is InChI=1S/C76H127N5O54/c1-17-38(94)49(105)54(110)71(117-17)115-15-31-59(47(103)33(66(114)119-31)77-19(3)89)128-69-36(80-22(6)92)48(104)58(29(13-87)125-69)129-74-57(113)63(61(130-67-34(78-20(4)90)45(101)40(96)24(8-82)120-67)32(127-74)16-116-75-64(52(108)43(99)27(11-85)123-75)134-68-35(79-21(5)91)46(102)41(97)25(9-83)121-68)133-76-65(53(109)44(100)28(12-86)124-76)135-70-37(81-23(7)93)62(132-72-55(111)50(106)39(95)18(2)118-72)60(30(14-88)126-70)131-73-56(112)51(107)42(98)26(10-84)122-73/h17-18,24-76,82-88,94-114H,8-16H2,1-7H3,(H,77,89)(H,78,90)(H,79,91)(H,80,92)(H,81,93)/t17-,18-,24+,25+,26+,27+,28+,29+,30+,31+,32+,33+,34+,35+,36+,37+,38+,39+,40+,41+,42-,43+,44+,45+,46+,47+,48+,49+,50+,51-,52-,53-,54-,55-,56+,57-,58+,59+,60+,61+,62+,63+,64-,65-,66+,67-,68-,69-,70-,71+,72-,73-,74-,75-,76+/m0/s1. The quantitative estimate of drug-likeness (QED) is 0.0284. The summed E-state index contributed by atoms with van der Waals surface area (Å²) in [6.45, 7) is -3.71. The van der Waals surface area contributed by atoms with E-state index < -0.39 is 426 Å². The number of hydrogen-bond acceptors (Lipinski definition) is 54. The van der Waals surface area contributed by atoms with Crippen molar-refractivity contribution in [3.8, 4) is 0 Å². The highest BCUT2D eigenvalue weighted by atomic mass is 16.8. The van der Waals surface area contributed by atoms with Gasteiger partial charge in [-0.1, -0.05) is 0 Å². The second-order valence-electron chi connectivity index (χ2n) is 34.5. The van der Waals surface area contributed by atoms with Gasteiger partial charge in [0.25, 0.3) is 0 Å². The van der Waals surface area contributed by atoms with Crippen molar-refractivity contribution in [2.24, 2.45) is 0 Å². The number of amides is 5. The van der Waals surface area contributed by atoms with Gasteiger partial charge in [-0.15, -0.1) is 0 Å². The van der Waals surface area contributed by atoms with Crippen LogP contribution in [-0.2, 0) is 123 Å². The molecule has 55 atom stereocenters. The van der Waals surface area contributed by atoms with Crippen LogP contribution >= 0.6 is 0 Å². The third kappa shape index (κ3) is 24.7. The molecule has 0 aromatic carbocycles. The number of nitrogens with one attached hydrogen (secondary N) is 5. The van der Waals surface area contributed by atoms with Crippen molar-refractivity contribution in [1.82, 2.24) is 26.6 Å². The van der Waals surface area contributed by atoms with Crippen LogP contribution < -0.4 is 26.6 Å². The molecule has 11 aliphatic rings. The van der Waals surface area contributed by atoms with E-state index in [2.05, 4.69) is 26.6 Å². The lowest BCUT2D eigenvalue weighted by molar-refractivity contribution is -0.411. The summed E-state index contributed by atoms with van der Waals surface area (Å²) in [5.74, 6) is -4.95. The maximum absolute atomic E-state index is 13.8. The first kappa shape index (κ1) is 111. The second kappa shape index (κ2) is 48.2. The van der Waals surface area contributed by atoms with E-state index >= 15 is 0 Å². The zero-order valence-electron chi connectivity index (χ0n) is 73.3. The van der Waals surface area contributed by atoms with E-state index in [4.69, 9.17) is 99.5 Å². The van der Waals surface area contributed by atoms with Gasteiger partial charge in [0.1, 0.15) is 256 Å². The summed E-state index contributed by atoms with van der Waals surface area (Å²) in [4.78, 5) is 65.9. The van der Waals surface area contributed by atoms with Gasteiger partial charge in [-0.05, 0) is 13.8 Å². The Labute approximate surface area is 765 Å². The Hall–Kier alpha value is -4.61. The van der Waals surface area contributed by atoms with E-state index in [-0.39, 0.29) is 0 Å². The maximum Gasteiger partial charge on any atom is 0.217 e. The fraction of sp³-hybridized carbons (Fsp3) is 0.934. The summed E-state index contributed by atoms with van der Waals surface area (Å²) < 4.78 is 129. The third-order valence-electron chi connectivity index (χ3n) is 24.9. The van der Waals surface area contributed by atoms with Crippen LogP contribution in [0.2, 0.25) is 0 Å². The van der Waals surface area contributed by atoms with Crippen LogP contribution in [0.15, 0.2) is 0 Å². The minimum absolute atomic E-state index is 0.873. The first-order valence-electron chi connectivity index (χ1n) is 43.4. The van der Waals surface area contributed by atoms with Gasteiger partial charge >= 0.3 is 0 Å². The Morgan fingerprint density at radius 2 is 0.467 bits per heavy atom. The predicted molar refractivity (Wildman–Crippen MR) is 417 cm³/mol. The number of carbonyl (C=O) groups excluding carboxylic acids is 5. The first-order valence-corrected chi connectivity index (χ1v) is 43.4. The number of aliphatic hydroxyl groups is 28. The molecule has 780 valence electrons. The van der Waals surface area contributed by atoms with Crippen LogP contribution in [0.3, 0.4) is 0 Å². The van der Waals surface area contributed by atoms with E-state index in [0.29, 0.717) is 0 Å². The van der Waals surface area contributed by atoms with Gasteiger partial charge < -0.3 is 269 Å². The van der Waals surface area contributed by atoms with Crippen LogP contribution in [-0.4, -0.2) is 569 Å². The van der Waals surface area contributed by atoms with Gasteiger partial charge in [-0.2, -0.15) is 0 Å². The zero-order valence-corrected chi connectivity index (χ0v) is 73.3. The lowest BCUT2D eigenvalue weighted by Gasteiger charge is -2.53. The highest BCUT2D eigenvalue weighted by molar-refractivity contribution is 5.75. The third-order valence-corrected chi connectivity index (χ3v) is 24.9. The Morgan fingerprint density at radius 1 is 0.207 bits per heavy atom. The molecule has 0 aromatic heterocycles. The second-order valence-corrected chi connectivity index (χ2v) is 34.5. The van der Waals surface area contributed by atoms with Gasteiger partial charge in [-0.25, -0.2) is 0 Å². The molecule has 5 amide bonds. The monoisotopic (exact) mass is 1970 g/mol. The molecule has 0 saturated carbocycles. The molecule has 0 bridgehead atoms. The van der Waals surface area contributed by atoms with Crippen LogP contribution in [0.25, 0.3) is 0 Å². The lowest BCUT2D eigenvalue weighted by atomic mass is 9.93. The summed E-state index contributed by atoms with van der Waals surface area (Å²) in [7, 11) is 0. The average Bonchev–Trinajstić information content (AvgIpc) is 0.744. The first-order chi connectivity index (χ1) is 63.8. The largest absolute Gasteiger partial charge is 0.394 e. The molecule has 11 fully saturated rings. The van der Waals surface area contributed by atoms with Crippen molar-refractivity contribution < 1.29 is 266 Å². The Balaban J connectivity index is 1.04. The Kier molecular flexibility index (Phi) is 39.5. The van der Waals surface area contributed by atoms with Gasteiger partial charge in [0.05, 0.1) is 71.7 Å². The highest BCUT2D eigenvalue weighted by Gasteiger charge is 2.64. The van der Waals surface area contributed by atoms with Gasteiger partial charge in [0.2, 0.25) is 29.5 Å². The molecule has 11 aliphatic heterocycles. The highest BCUT2D eigenvalue weighted by Crippen LogP contribution is 2.43. The molecule has 59 nitrogen and oxygen atoms in total. The fourth-order valence-corrected chi connectivity index (χ4v) is 17.6. The molecule has 0 aliphatic carbocycles. The van der Waals surface area contributed by atoms with E-state index in [9.17, 15) is 167 Å². The SMILES string of the molecule is CC(=O)N[C@@H]1[C@@H](O)[C@H](O[C@@H]2O[C@H](CO)[C@@H](O[C@@H]3O[C@H](CO[C@H]4O[C@H](CO)[C@@H](O)[C@H](O)[C@@H]4O[C@@H]4O[C@H](CO)[C@@H](O)[C@H](O)[C@H]4NC(C)=O)[C@@H](O[C@@H]4O[C@H](CO)[C@@H](O)[C@H](O)[C@H]4NC(C)=O)[C@H](O[C@H]4O[C@H](CO)[C@@H](O)[C@H](O)[C@@H]4O[C@@H]4O[C@H](CO)[C@@H](O[C@@H]5O[C@H](CO)[C@H](O)[C@H](O)[C@H]5O)[C@H](O[C@@H]5O[C@@H](C)[C@@H](O)[C@@H](O)[C@@H]5O)[C@H]4NC(C)=O)[C@@H]3O)[C@H](O)[C@H]2NC(C)=O)[C@@H](CO[C@@H]2O[C@@H](C)[C@@H](O)[C@@H](O)[C@@H]2O)O[C@H]1O. The van der Waals surface area contributed by atoms with Crippen molar-refractivity contribution >= 4 is 29.5 Å². The minimum atomic E-state index is -2.84. The van der Waals surface area contributed by atoms with Crippen LogP contribution in [0, 0.1) is 0 Å². The molecule has 11 saturated heterocycles. The molecule has 11 heterocycles. The predicted octanol–water partition coefficient (Wildman–Crippen LogP) is -22.2. The van der Waals surface area contributed by atoms with E-state index in [1.165, 1.54) is 13.8 Å². The number of carbonyl (C=O) groups is 5. The Morgan fingerprint density at radius 3 is 0.926 bits per heavy atom. The van der Waals surface area contributed by atoms with Crippen molar-refractivity contribution in [2.75, 3.05) is 59.5 Å². The molecule has 0 radical (unpaired) electrons.